The first-order chi connectivity index (χ1) is 12.5. The van der Waals surface area contributed by atoms with Gasteiger partial charge in [0.25, 0.3) is 0 Å². The summed E-state index contributed by atoms with van der Waals surface area (Å²) >= 11 is 12.3. The molecule has 1 aliphatic rings. The first kappa shape index (κ1) is 17.2. The quantitative estimate of drug-likeness (QED) is 0.671. The SMILES string of the molecule is CCc1ccc([C@H]2C[C@@H](c3ccc(Cl)c(Cl)c3)Nc3nc(N)nn32)cc1. The van der Waals surface area contributed by atoms with Crippen molar-refractivity contribution in [1.82, 2.24) is 14.8 Å². The van der Waals surface area contributed by atoms with Gasteiger partial charge < -0.3 is 11.1 Å². The minimum absolute atomic E-state index is 0.0386. The van der Waals surface area contributed by atoms with Gasteiger partial charge in [-0.05, 0) is 41.7 Å². The van der Waals surface area contributed by atoms with Gasteiger partial charge in [0.15, 0.2) is 0 Å². The van der Waals surface area contributed by atoms with E-state index in [1.165, 1.54) is 11.1 Å². The van der Waals surface area contributed by atoms with E-state index < -0.39 is 0 Å². The molecule has 7 heteroatoms. The maximum absolute atomic E-state index is 6.21. The average molecular weight is 388 g/mol. The number of nitrogens with zero attached hydrogens (tertiary/aromatic N) is 3. The maximum atomic E-state index is 6.21. The van der Waals surface area contributed by atoms with Crippen molar-refractivity contribution >= 4 is 35.1 Å². The number of fused-ring (bicyclic) bond motifs is 1. The van der Waals surface area contributed by atoms with E-state index in [-0.39, 0.29) is 18.0 Å². The van der Waals surface area contributed by atoms with Crippen molar-refractivity contribution < 1.29 is 0 Å². The fourth-order valence-electron chi connectivity index (χ4n) is 3.39. The van der Waals surface area contributed by atoms with Crippen LogP contribution < -0.4 is 11.1 Å². The first-order valence-electron chi connectivity index (χ1n) is 8.57. The fourth-order valence-corrected chi connectivity index (χ4v) is 3.70. The summed E-state index contributed by atoms with van der Waals surface area (Å²) in [5, 5.41) is 8.89. The van der Waals surface area contributed by atoms with Gasteiger partial charge in [-0.25, -0.2) is 4.68 Å². The fraction of sp³-hybridized carbons (Fsp3) is 0.263. The van der Waals surface area contributed by atoms with E-state index in [4.69, 9.17) is 28.9 Å². The number of halogens is 2. The Labute approximate surface area is 162 Å². The monoisotopic (exact) mass is 387 g/mol. The molecule has 0 saturated heterocycles. The number of hydrogen-bond donors (Lipinski definition) is 2. The number of anilines is 2. The molecule has 2 heterocycles. The van der Waals surface area contributed by atoms with E-state index in [0.717, 1.165) is 18.4 Å². The molecule has 2 aromatic carbocycles. The summed E-state index contributed by atoms with van der Waals surface area (Å²) in [7, 11) is 0. The molecule has 26 heavy (non-hydrogen) atoms. The Balaban J connectivity index is 1.73. The van der Waals surface area contributed by atoms with Gasteiger partial charge in [-0.15, -0.1) is 5.10 Å². The first-order valence-corrected chi connectivity index (χ1v) is 9.33. The second-order valence-electron chi connectivity index (χ2n) is 6.46. The van der Waals surface area contributed by atoms with E-state index >= 15 is 0 Å². The van der Waals surface area contributed by atoms with Gasteiger partial charge in [0.05, 0.1) is 22.1 Å². The highest BCUT2D eigenvalue weighted by molar-refractivity contribution is 6.42. The normalized spacial score (nSPS) is 19.0. The van der Waals surface area contributed by atoms with Gasteiger partial charge in [0.2, 0.25) is 11.9 Å². The molecule has 0 saturated carbocycles. The topological polar surface area (TPSA) is 68.8 Å². The summed E-state index contributed by atoms with van der Waals surface area (Å²) in [5.41, 5.74) is 9.40. The van der Waals surface area contributed by atoms with E-state index in [1.54, 1.807) is 0 Å². The summed E-state index contributed by atoms with van der Waals surface area (Å²) in [6.45, 7) is 2.15. The Bertz CT molecular complexity index is 936. The van der Waals surface area contributed by atoms with E-state index in [2.05, 4.69) is 46.6 Å². The van der Waals surface area contributed by atoms with Crippen molar-refractivity contribution in [3.05, 3.63) is 69.2 Å². The smallest absolute Gasteiger partial charge is 0.241 e. The summed E-state index contributed by atoms with van der Waals surface area (Å²) in [4.78, 5) is 4.34. The lowest BCUT2D eigenvalue weighted by Gasteiger charge is -2.32. The Kier molecular flexibility index (Phi) is 4.51. The second kappa shape index (κ2) is 6.82. The number of rotatable bonds is 3. The molecule has 0 amide bonds. The molecule has 1 aliphatic heterocycles. The lowest BCUT2D eigenvalue weighted by molar-refractivity contribution is 0.431. The largest absolute Gasteiger partial charge is 0.366 e. The van der Waals surface area contributed by atoms with Crippen LogP contribution in [0.4, 0.5) is 11.9 Å². The summed E-state index contributed by atoms with van der Waals surface area (Å²) in [6.07, 6.45) is 1.82. The molecule has 134 valence electrons. The average Bonchev–Trinajstić information content (AvgIpc) is 3.03. The number of nitrogens with one attached hydrogen (secondary N) is 1. The van der Waals surface area contributed by atoms with Crippen LogP contribution in [0.3, 0.4) is 0 Å². The molecule has 0 bridgehead atoms. The van der Waals surface area contributed by atoms with Crippen LogP contribution in [0.2, 0.25) is 10.0 Å². The number of aryl methyl sites for hydroxylation is 1. The summed E-state index contributed by atoms with van der Waals surface area (Å²) in [5.74, 6) is 0.923. The van der Waals surface area contributed by atoms with Gasteiger partial charge in [-0.3, -0.25) is 0 Å². The van der Waals surface area contributed by atoms with E-state index in [0.29, 0.717) is 16.0 Å². The highest BCUT2D eigenvalue weighted by Crippen LogP contribution is 2.39. The molecule has 5 nitrogen and oxygen atoms in total. The molecular formula is C19H19Cl2N5. The van der Waals surface area contributed by atoms with Crippen molar-refractivity contribution in [2.75, 3.05) is 11.1 Å². The zero-order chi connectivity index (χ0) is 18.3. The number of hydrogen-bond acceptors (Lipinski definition) is 4. The van der Waals surface area contributed by atoms with Crippen molar-refractivity contribution in [3.8, 4) is 0 Å². The molecule has 3 aromatic rings. The van der Waals surface area contributed by atoms with Crippen LogP contribution in [0, 0.1) is 0 Å². The Hall–Kier alpha value is -2.24. The molecule has 0 aliphatic carbocycles. The molecule has 0 fully saturated rings. The van der Waals surface area contributed by atoms with Crippen molar-refractivity contribution in [2.45, 2.75) is 31.8 Å². The minimum Gasteiger partial charge on any atom is -0.366 e. The van der Waals surface area contributed by atoms with Crippen molar-refractivity contribution in [3.63, 3.8) is 0 Å². The molecule has 0 spiro atoms. The van der Waals surface area contributed by atoms with Crippen LogP contribution in [0.5, 0.6) is 0 Å². The highest BCUT2D eigenvalue weighted by atomic mass is 35.5. The molecule has 0 unspecified atom stereocenters. The summed E-state index contributed by atoms with van der Waals surface area (Å²) in [6, 6.07) is 14.4. The van der Waals surface area contributed by atoms with Crippen LogP contribution in [0.1, 0.15) is 42.1 Å². The lowest BCUT2D eigenvalue weighted by atomic mass is 9.93. The van der Waals surface area contributed by atoms with Crippen LogP contribution in [-0.2, 0) is 6.42 Å². The van der Waals surface area contributed by atoms with E-state index in [9.17, 15) is 0 Å². The van der Waals surface area contributed by atoms with Crippen molar-refractivity contribution in [1.29, 1.82) is 0 Å². The molecule has 3 N–H and O–H groups in total. The van der Waals surface area contributed by atoms with Crippen molar-refractivity contribution in [2.24, 2.45) is 0 Å². The van der Waals surface area contributed by atoms with Gasteiger partial charge in [0, 0.05) is 0 Å². The highest BCUT2D eigenvalue weighted by Gasteiger charge is 2.31. The molecule has 1 aromatic heterocycles. The predicted octanol–water partition coefficient (Wildman–Crippen LogP) is 4.88. The second-order valence-corrected chi connectivity index (χ2v) is 7.27. The van der Waals surface area contributed by atoms with Gasteiger partial charge >= 0.3 is 0 Å². The molecule has 4 rings (SSSR count). The Morgan fingerprint density at radius 1 is 1.12 bits per heavy atom. The number of aromatic nitrogens is 3. The maximum Gasteiger partial charge on any atom is 0.241 e. The Morgan fingerprint density at radius 3 is 2.54 bits per heavy atom. The summed E-state index contributed by atoms with van der Waals surface area (Å²) < 4.78 is 1.87. The number of benzene rings is 2. The van der Waals surface area contributed by atoms with Gasteiger partial charge in [0.1, 0.15) is 0 Å². The van der Waals surface area contributed by atoms with Gasteiger partial charge in [-0.1, -0.05) is 60.5 Å². The number of nitrogens with two attached hydrogens (primary N) is 1. The van der Waals surface area contributed by atoms with Gasteiger partial charge in [-0.2, -0.15) is 4.98 Å². The third-order valence-electron chi connectivity index (χ3n) is 4.82. The molecule has 2 atom stereocenters. The van der Waals surface area contributed by atoms with Crippen LogP contribution in [-0.4, -0.2) is 14.8 Å². The zero-order valence-electron chi connectivity index (χ0n) is 14.3. The Morgan fingerprint density at radius 2 is 1.85 bits per heavy atom. The zero-order valence-corrected chi connectivity index (χ0v) is 15.8. The molecule has 0 radical (unpaired) electrons. The minimum atomic E-state index is 0.0386. The standard InChI is InChI=1S/C19H19Cl2N5/c1-2-11-3-5-12(6-4-11)17-10-16(13-7-8-14(20)15(21)9-13)23-19-24-18(22)25-26(17)19/h3-9,16-17H,2,10H2,1H3,(H3,22,23,24,25)/t16-,17+/m0/s1. The number of nitrogen functional groups attached to an aromatic ring is 1. The van der Waals surface area contributed by atoms with Crippen LogP contribution in [0.15, 0.2) is 42.5 Å². The molecular weight excluding hydrogens is 369 g/mol. The third kappa shape index (κ3) is 3.13. The van der Waals surface area contributed by atoms with Crippen LogP contribution in [0.25, 0.3) is 0 Å². The predicted molar refractivity (Wildman–Crippen MR) is 106 cm³/mol. The van der Waals surface area contributed by atoms with Crippen LogP contribution >= 0.6 is 23.2 Å². The van der Waals surface area contributed by atoms with E-state index in [1.807, 2.05) is 22.9 Å². The lowest BCUT2D eigenvalue weighted by Crippen LogP contribution is -2.28. The third-order valence-corrected chi connectivity index (χ3v) is 5.56.